The minimum atomic E-state index is -0.110. The smallest absolute Gasteiger partial charge is 0.310 e. The molecule has 3 heteroatoms. The molecule has 1 aliphatic rings. The summed E-state index contributed by atoms with van der Waals surface area (Å²) in [7, 11) is 1.46. The number of piperidine rings is 1. The van der Waals surface area contributed by atoms with Crippen molar-refractivity contribution in [3.05, 3.63) is 35.9 Å². The Morgan fingerprint density at radius 3 is 2.81 bits per heavy atom. The van der Waals surface area contributed by atoms with E-state index in [0.717, 1.165) is 24.9 Å². The molecule has 1 aromatic rings. The Kier molecular flexibility index (Phi) is 3.57. The molecular formula is C13H17NO2. The van der Waals surface area contributed by atoms with Gasteiger partial charge in [0, 0.05) is 6.04 Å². The molecule has 1 aromatic carbocycles. The summed E-state index contributed by atoms with van der Waals surface area (Å²) in [6, 6.07) is 10.2. The number of hydrogen-bond donors (Lipinski definition) is 1. The van der Waals surface area contributed by atoms with Crippen LogP contribution in [0.3, 0.4) is 0 Å². The van der Waals surface area contributed by atoms with Crippen molar-refractivity contribution in [3.63, 3.8) is 0 Å². The maximum atomic E-state index is 11.7. The number of hydrogen-bond acceptors (Lipinski definition) is 3. The highest BCUT2D eigenvalue weighted by Crippen LogP contribution is 2.29. The highest BCUT2D eigenvalue weighted by molar-refractivity contribution is 5.73. The number of ether oxygens (including phenoxy) is 1. The van der Waals surface area contributed by atoms with Gasteiger partial charge in [-0.1, -0.05) is 30.3 Å². The average Bonchev–Trinajstić information content (AvgIpc) is 2.39. The molecule has 2 unspecified atom stereocenters. The molecule has 16 heavy (non-hydrogen) atoms. The molecule has 1 aliphatic heterocycles. The maximum absolute atomic E-state index is 11.7. The van der Waals surface area contributed by atoms with E-state index in [-0.39, 0.29) is 17.9 Å². The van der Waals surface area contributed by atoms with E-state index >= 15 is 0 Å². The molecule has 0 spiro atoms. The van der Waals surface area contributed by atoms with Crippen LogP contribution < -0.4 is 5.32 Å². The molecule has 0 amide bonds. The number of rotatable bonds is 2. The van der Waals surface area contributed by atoms with Crippen LogP contribution in [0.15, 0.2) is 30.3 Å². The maximum Gasteiger partial charge on any atom is 0.310 e. The first-order valence-electron chi connectivity index (χ1n) is 5.69. The van der Waals surface area contributed by atoms with Gasteiger partial charge in [-0.05, 0) is 24.9 Å². The fourth-order valence-corrected chi connectivity index (χ4v) is 2.30. The van der Waals surface area contributed by atoms with Crippen molar-refractivity contribution >= 4 is 5.97 Å². The van der Waals surface area contributed by atoms with Crippen LogP contribution in [-0.4, -0.2) is 19.6 Å². The minimum absolute atomic E-state index is 0.0545. The van der Waals surface area contributed by atoms with Gasteiger partial charge in [0.25, 0.3) is 0 Å². The zero-order valence-corrected chi connectivity index (χ0v) is 9.48. The minimum Gasteiger partial charge on any atom is -0.469 e. The van der Waals surface area contributed by atoms with Crippen molar-refractivity contribution in [1.29, 1.82) is 0 Å². The molecule has 1 saturated heterocycles. The Bertz CT molecular complexity index is 350. The van der Waals surface area contributed by atoms with Crippen LogP contribution in [0.25, 0.3) is 0 Å². The van der Waals surface area contributed by atoms with Gasteiger partial charge in [-0.25, -0.2) is 0 Å². The quantitative estimate of drug-likeness (QED) is 0.772. The first-order chi connectivity index (χ1) is 7.83. The van der Waals surface area contributed by atoms with Crippen molar-refractivity contribution in [1.82, 2.24) is 5.32 Å². The number of esters is 1. The lowest BCUT2D eigenvalue weighted by Crippen LogP contribution is -2.38. The van der Waals surface area contributed by atoms with Crippen molar-refractivity contribution in [3.8, 4) is 0 Å². The van der Waals surface area contributed by atoms with Crippen LogP contribution in [0.1, 0.15) is 24.4 Å². The number of benzene rings is 1. The Hall–Kier alpha value is -1.35. The summed E-state index contributed by atoms with van der Waals surface area (Å²) in [5.41, 5.74) is 1.16. The van der Waals surface area contributed by atoms with Gasteiger partial charge in [0.2, 0.25) is 0 Å². The molecule has 3 nitrogen and oxygen atoms in total. The summed E-state index contributed by atoms with van der Waals surface area (Å²) in [6.45, 7) is 0.965. The van der Waals surface area contributed by atoms with E-state index in [0.29, 0.717) is 0 Å². The molecule has 0 aromatic heterocycles. The monoisotopic (exact) mass is 219 g/mol. The molecule has 2 atom stereocenters. The summed E-state index contributed by atoms with van der Waals surface area (Å²) in [6.07, 6.45) is 1.93. The largest absolute Gasteiger partial charge is 0.469 e. The summed E-state index contributed by atoms with van der Waals surface area (Å²) in [4.78, 5) is 11.7. The lowest BCUT2D eigenvalue weighted by molar-refractivity contribution is -0.147. The SMILES string of the molecule is COC(=O)C1CCCNC1c1ccccc1. The highest BCUT2D eigenvalue weighted by atomic mass is 16.5. The fourth-order valence-electron chi connectivity index (χ4n) is 2.30. The third-order valence-electron chi connectivity index (χ3n) is 3.12. The number of carbonyl (C=O) groups is 1. The van der Waals surface area contributed by atoms with E-state index < -0.39 is 0 Å². The summed E-state index contributed by atoms with van der Waals surface area (Å²) >= 11 is 0. The second kappa shape index (κ2) is 5.12. The van der Waals surface area contributed by atoms with Gasteiger partial charge >= 0.3 is 5.97 Å². The number of carbonyl (C=O) groups excluding carboxylic acids is 1. The molecule has 2 rings (SSSR count). The van der Waals surface area contributed by atoms with Crippen LogP contribution in [0.4, 0.5) is 0 Å². The predicted octanol–water partition coefficient (Wildman–Crippen LogP) is 1.90. The summed E-state index contributed by atoms with van der Waals surface area (Å²) in [5, 5.41) is 3.40. The normalized spacial score (nSPS) is 25.1. The Labute approximate surface area is 95.8 Å². The van der Waals surface area contributed by atoms with Crippen LogP contribution in [0.5, 0.6) is 0 Å². The zero-order valence-electron chi connectivity index (χ0n) is 9.48. The van der Waals surface area contributed by atoms with Crippen molar-refractivity contribution in [2.75, 3.05) is 13.7 Å². The first kappa shape index (κ1) is 11.1. The van der Waals surface area contributed by atoms with Crippen molar-refractivity contribution in [2.45, 2.75) is 18.9 Å². The average molecular weight is 219 g/mol. The number of nitrogens with one attached hydrogen (secondary N) is 1. The Morgan fingerprint density at radius 2 is 2.12 bits per heavy atom. The van der Waals surface area contributed by atoms with E-state index in [4.69, 9.17) is 4.74 Å². The Balaban J connectivity index is 2.20. The van der Waals surface area contributed by atoms with Crippen LogP contribution in [0.2, 0.25) is 0 Å². The molecule has 1 N–H and O–H groups in total. The molecule has 1 fully saturated rings. The van der Waals surface area contributed by atoms with Gasteiger partial charge in [0.15, 0.2) is 0 Å². The molecular weight excluding hydrogens is 202 g/mol. The van der Waals surface area contributed by atoms with Gasteiger partial charge in [-0.2, -0.15) is 0 Å². The second-order valence-electron chi connectivity index (χ2n) is 4.11. The zero-order chi connectivity index (χ0) is 11.4. The standard InChI is InChI=1S/C13H17NO2/c1-16-13(15)11-8-5-9-14-12(11)10-6-3-2-4-7-10/h2-4,6-7,11-12,14H,5,8-9H2,1H3. The first-order valence-corrected chi connectivity index (χ1v) is 5.69. The van der Waals surface area contributed by atoms with Crippen molar-refractivity contribution in [2.24, 2.45) is 5.92 Å². The predicted molar refractivity (Wildman–Crippen MR) is 61.9 cm³/mol. The van der Waals surface area contributed by atoms with Gasteiger partial charge in [0.05, 0.1) is 13.0 Å². The Morgan fingerprint density at radius 1 is 1.38 bits per heavy atom. The highest BCUT2D eigenvalue weighted by Gasteiger charge is 2.32. The van der Waals surface area contributed by atoms with Gasteiger partial charge in [-0.3, -0.25) is 4.79 Å². The third kappa shape index (κ3) is 2.25. The van der Waals surface area contributed by atoms with Crippen LogP contribution in [0, 0.1) is 5.92 Å². The molecule has 0 radical (unpaired) electrons. The fraction of sp³-hybridized carbons (Fsp3) is 0.462. The van der Waals surface area contributed by atoms with Gasteiger partial charge in [-0.15, -0.1) is 0 Å². The van der Waals surface area contributed by atoms with Crippen molar-refractivity contribution < 1.29 is 9.53 Å². The molecule has 86 valence electrons. The van der Waals surface area contributed by atoms with Gasteiger partial charge < -0.3 is 10.1 Å². The van der Waals surface area contributed by atoms with E-state index in [1.54, 1.807) is 0 Å². The number of methoxy groups -OCH3 is 1. The van der Waals surface area contributed by atoms with E-state index in [9.17, 15) is 4.79 Å². The molecule has 0 aliphatic carbocycles. The van der Waals surface area contributed by atoms with Gasteiger partial charge in [0.1, 0.15) is 0 Å². The molecule has 1 heterocycles. The van der Waals surface area contributed by atoms with E-state index in [1.807, 2.05) is 18.2 Å². The third-order valence-corrected chi connectivity index (χ3v) is 3.12. The lowest BCUT2D eigenvalue weighted by Gasteiger charge is -2.31. The molecule has 0 saturated carbocycles. The second-order valence-corrected chi connectivity index (χ2v) is 4.11. The van der Waals surface area contributed by atoms with E-state index in [2.05, 4.69) is 17.4 Å². The molecule has 0 bridgehead atoms. The van der Waals surface area contributed by atoms with E-state index in [1.165, 1.54) is 7.11 Å². The summed E-state index contributed by atoms with van der Waals surface area (Å²) < 4.78 is 4.86. The topological polar surface area (TPSA) is 38.3 Å². The lowest BCUT2D eigenvalue weighted by atomic mass is 9.86. The summed E-state index contributed by atoms with van der Waals surface area (Å²) in [5.74, 6) is -0.165. The van der Waals surface area contributed by atoms with Crippen LogP contribution in [-0.2, 0) is 9.53 Å². The van der Waals surface area contributed by atoms with Crippen LogP contribution >= 0.6 is 0 Å².